The molecule has 7 aromatic rings. The van der Waals surface area contributed by atoms with Gasteiger partial charge in [-0.25, -0.2) is 9.97 Å². The van der Waals surface area contributed by atoms with Gasteiger partial charge in [-0.05, 0) is 82.6 Å². The maximum absolute atomic E-state index is 12.0. The van der Waals surface area contributed by atoms with Crippen LogP contribution in [0.1, 0.15) is 52.7 Å². The molecule has 0 saturated carbocycles. The molecular formula is C44H42N4O. The Bertz CT molecular complexity index is 2200. The molecule has 0 radical (unpaired) electrons. The van der Waals surface area contributed by atoms with Gasteiger partial charge < -0.3 is 5.11 Å². The van der Waals surface area contributed by atoms with E-state index in [0.717, 1.165) is 61.7 Å². The number of aromatic hydroxyl groups is 1. The maximum Gasteiger partial charge on any atom is 0.149 e. The fourth-order valence-electron chi connectivity index (χ4n) is 6.45. The third kappa shape index (κ3) is 6.09. The number of pyridine rings is 1. The first-order valence-corrected chi connectivity index (χ1v) is 16.8. The smallest absolute Gasteiger partial charge is 0.149 e. The molecular weight excluding hydrogens is 601 g/mol. The van der Waals surface area contributed by atoms with Gasteiger partial charge in [0.25, 0.3) is 0 Å². The lowest BCUT2D eigenvalue weighted by atomic mass is 9.79. The van der Waals surface area contributed by atoms with Crippen molar-refractivity contribution in [2.24, 2.45) is 0 Å². The Hall–Kier alpha value is -5.68. The molecule has 0 amide bonds. The largest absolute Gasteiger partial charge is 0.507 e. The van der Waals surface area contributed by atoms with E-state index >= 15 is 0 Å². The van der Waals surface area contributed by atoms with Crippen LogP contribution in [0, 0.1) is 0 Å². The molecule has 0 aliphatic heterocycles. The van der Waals surface area contributed by atoms with Crippen LogP contribution >= 0.6 is 0 Å². The molecule has 244 valence electrons. The van der Waals surface area contributed by atoms with E-state index in [0.29, 0.717) is 5.82 Å². The van der Waals surface area contributed by atoms with E-state index in [2.05, 4.69) is 130 Å². The number of para-hydroxylation sites is 3. The van der Waals surface area contributed by atoms with Gasteiger partial charge in [0, 0.05) is 34.4 Å². The van der Waals surface area contributed by atoms with E-state index in [9.17, 15) is 5.11 Å². The Morgan fingerprint density at radius 1 is 0.612 bits per heavy atom. The van der Waals surface area contributed by atoms with Crippen LogP contribution in [0.2, 0.25) is 0 Å². The molecule has 7 rings (SSSR count). The van der Waals surface area contributed by atoms with Gasteiger partial charge in [0.05, 0.1) is 16.6 Å². The Morgan fingerprint density at radius 2 is 1.29 bits per heavy atom. The number of benzene rings is 5. The predicted molar refractivity (Wildman–Crippen MR) is 203 cm³/mol. The number of nitrogens with zero attached hydrogens (tertiary/aromatic N) is 4. The van der Waals surface area contributed by atoms with Gasteiger partial charge in [-0.2, -0.15) is 0 Å². The van der Waals surface area contributed by atoms with Crippen LogP contribution in [0.4, 0.5) is 17.2 Å². The second-order valence-electron chi connectivity index (χ2n) is 14.6. The molecule has 0 aliphatic carbocycles. The molecule has 0 bridgehead atoms. The standard InChI is InChI=1S/C44H42N4O/c1-43(2,3)31-28-36(41(49)37(29-31)44(4,5)6)42-46-40-35(23-16-24-38(40)48(42)33-20-11-8-12-21-33)30-17-15-22-34(27-30)47(32-18-9-7-10-19-32)39-25-13-14-26-45-39/h7-29,49H,1-6H3. The van der Waals surface area contributed by atoms with Crippen molar-refractivity contribution in [3.8, 4) is 34.0 Å². The van der Waals surface area contributed by atoms with Crippen molar-refractivity contribution >= 4 is 28.2 Å². The Balaban J connectivity index is 1.48. The SMILES string of the molecule is CC(C)(C)c1cc(-c2nc3c(-c4cccc(N(c5ccccc5)c5ccccn5)c4)cccc3n2-c2ccccc2)c(O)c(C(C)(C)C)c1. The van der Waals surface area contributed by atoms with Crippen LogP contribution in [-0.4, -0.2) is 19.6 Å². The molecule has 0 fully saturated rings. The number of hydrogen-bond acceptors (Lipinski definition) is 4. The summed E-state index contributed by atoms with van der Waals surface area (Å²) in [5, 5.41) is 12.0. The van der Waals surface area contributed by atoms with E-state index in [-0.39, 0.29) is 16.6 Å². The lowest BCUT2D eigenvalue weighted by molar-refractivity contribution is 0.446. The van der Waals surface area contributed by atoms with Crippen LogP contribution in [0.3, 0.4) is 0 Å². The van der Waals surface area contributed by atoms with Crippen molar-refractivity contribution in [2.45, 2.75) is 52.4 Å². The number of imidazole rings is 1. The third-order valence-electron chi connectivity index (χ3n) is 9.03. The van der Waals surface area contributed by atoms with Crippen LogP contribution in [0.15, 0.2) is 140 Å². The van der Waals surface area contributed by atoms with Gasteiger partial charge in [-0.3, -0.25) is 9.47 Å². The van der Waals surface area contributed by atoms with Crippen LogP contribution in [0.5, 0.6) is 5.75 Å². The molecule has 0 saturated heterocycles. The van der Waals surface area contributed by atoms with Crippen LogP contribution in [0.25, 0.3) is 39.2 Å². The van der Waals surface area contributed by atoms with E-state index in [1.165, 1.54) is 0 Å². The van der Waals surface area contributed by atoms with Crippen molar-refractivity contribution in [1.82, 2.24) is 14.5 Å². The summed E-state index contributed by atoms with van der Waals surface area (Å²) in [7, 11) is 0. The average Bonchev–Trinajstić information content (AvgIpc) is 3.48. The first-order chi connectivity index (χ1) is 23.5. The molecule has 1 N–H and O–H groups in total. The monoisotopic (exact) mass is 642 g/mol. The van der Waals surface area contributed by atoms with Gasteiger partial charge in [-0.1, -0.05) is 114 Å². The zero-order valence-corrected chi connectivity index (χ0v) is 29.0. The zero-order valence-electron chi connectivity index (χ0n) is 29.0. The summed E-state index contributed by atoms with van der Waals surface area (Å²) in [6.07, 6.45) is 1.82. The molecule has 5 heteroatoms. The summed E-state index contributed by atoms with van der Waals surface area (Å²) in [5.74, 6) is 1.81. The highest BCUT2D eigenvalue weighted by Crippen LogP contribution is 2.44. The van der Waals surface area contributed by atoms with Crippen LogP contribution in [-0.2, 0) is 10.8 Å². The summed E-state index contributed by atoms with van der Waals surface area (Å²) in [6.45, 7) is 13.1. The Labute approximate surface area is 289 Å². The molecule has 0 aliphatic rings. The summed E-state index contributed by atoms with van der Waals surface area (Å²) in [6, 6.07) is 45.7. The first kappa shape index (κ1) is 31.9. The van der Waals surface area contributed by atoms with Crippen LogP contribution < -0.4 is 4.90 Å². The van der Waals surface area contributed by atoms with Gasteiger partial charge in [0.15, 0.2) is 0 Å². The summed E-state index contributed by atoms with van der Waals surface area (Å²) >= 11 is 0. The quantitative estimate of drug-likeness (QED) is 0.196. The van der Waals surface area contributed by atoms with Crippen molar-refractivity contribution in [1.29, 1.82) is 0 Å². The van der Waals surface area contributed by atoms with Gasteiger partial charge in [0.2, 0.25) is 0 Å². The number of rotatable bonds is 6. The number of hydrogen-bond donors (Lipinski definition) is 1. The number of aromatic nitrogens is 3. The normalized spacial score (nSPS) is 12.0. The number of anilines is 3. The molecule has 2 aromatic heterocycles. The molecule has 0 unspecified atom stereocenters. The highest BCUT2D eigenvalue weighted by molar-refractivity contribution is 5.97. The van der Waals surface area contributed by atoms with Gasteiger partial charge in [0.1, 0.15) is 17.4 Å². The second kappa shape index (κ2) is 12.4. The van der Waals surface area contributed by atoms with Crippen molar-refractivity contribution in [3.63, 3.8) is 0 Å². The zero-order chi connectivity index (χ0) is 34.3. The second-order valence-corrected chi connectivity index (χ2v) is 14.6. The molecule has 49 heavy (non-hydrogen) atoms. The molecule has 2 heterocycles. The minimum atomic E-state index is -0.270. The molecule has 5 aromatic carbocycles. The Kier molecular flexibility index (Phi) is 8.07. The summed E-state index contributed by atoms with van der Waals surface area (Å²) in [4.78, 5) is 12.3. The van der Waals surface area contributed by atoms with E-state index < -0.39 is 0 Å². The summed E-state index contributed by atoms with van der Waals surface area (Å²) < 4.78 is 2.18. The lowest BCUT2D eigenvalue weighted by Gasteiger charge is -2.27. The van der Waals surface area contributed by atoms with E-state index in [1.807, 2.05) is 60.8 Å². The number of fused-ring (bicyclic) bond motifs is 1. The topological polar surface area (TPSA) is 54.2 Å². The molecule has 5 nitrogen and oxygen atoms in total. The third-order valence-corrected chi connectivity index (χ3v) is 9.03. The van der Waals surface area contributed by atoms with Gasteiger partial charge in [-0.15, -0.1) is 0 Å². The number of phenolic OH excluding ortho intramolecular Hbond substituents is 1. The minimum absolute atomic E-state index is 0.129. The lowest BCUT2D eigenvalue weighted by Crippen LogP contribution is -2.17. The van der Waals surface area contributed by atoms with E-state index in [4.69, 9.17) is 9.97 Å². The fourth-order valence-corrected chi connectivity index (χ4v) is 6.45. The number of phenols is 1. The average molecular weight is 643 g/mol. The van der Waals surface area contributed by atoms with Crippen molar-refractivity contribution in [3.05, 3.63) is 151 Å². The maximum atomic E-state index is 12.0. The highest BCUT2D eigenvalue weighted by atomic mass is 16.3. The highest BCUT2D eigenvalue weighted by Gasteiger charge is 2.28. The van der Waals surface area contributed by atoms with E-state index in [1.54, 1.807) is 0 Å². The van der Waals surface area contributed by atoms with Gasteiger partial charge >= 0.3 is 0 Å². The fraction of sp³-hybridized carbons (Fsp3) is 0.182. The van der Waals surface area contributed by atoms with Crippen molar-refractivity contribution in [2.75, 3.05) is 4.90 Å². The molecule has 0 atom stereocenters. The predicted octanol–water partition coefficient (Wildman–Crippen LogP) is 11.5. The Morgan fingerprint density at radius 3 is 1.96 bits per heavy atom. The molecule has 0 spiro atoms. The van der Waals surface area contributed by atoms with Crippen molar-refractivity contribution < 1.29 is 5.11 Å². The summed E-state index contributed by atoms with van der Waals surface area (Å²) in [5.41, 5.74) is 9.25. The minimum Gasteiger partial charge on any atom is -0.507 e. The first-order valence-electron chi connectivity index (χ1n) is 16.8.